The summed E-state index contributed by atoms with van der Waals surface area (Å²) in [6, 6.07) is 17.5. The van der Waals surface area contributed by atoms with E-state index in [0.717, 1.165) is 0 Å². The summed E-state index contributed by atoms with van der Waals surface area (Å²) in [5.41, 5.74) is 0.384. The fraction of sp³-hybridized carbons (Fsp3) is 0.0667. The van der Waals surface area contributed by atoms with E-state index in [-0.39, 0.29) is 6.61 Å². The first-order valence-corrected chi connectivity index (χ1v) is 5.67. The highest BCUT2D eigenvalue weighted by Crippen LogP contribution is 2.16. The molecule has 0 saturated carbocycles. The summed E-state index contributed by atoms with van der Waals surface area (Å²) in [5, 5.41) is 8.87. The number of carbonyl (C=O) groups is 1. The number of para-hydroxylation sites is 2. The molecule has 0 aliphatic rings. The topological polar surface area (TPSA) is 59.3 Å². The van der Waals surface area contributed by atoms with Gasteiger partial charge in [0.1, 0.15) is 17.6 Å². The molecular formula is C15H11NO3. The maximum Gasteiger partial charge on any atom is 0.349 e. The summed E-state index contributed by atoms with van der Waals surface area (Å²) in [5.74, 6) is 0.318. The molecule has 0 fully saturated rings. The van der Waals surface area contributed by atoms with Gasteiger partial charge >= 0.3 is 5.97 Å². The van der Waals surface area contributed by atoms with Crippen LogP contribution in [0.1, 0.15) is 5.56 Å². The smallest absolute Gasteiger partial charge is 0.349 e. The Morgan fingerprint density at radius 1 is 1.05 bits per heavy atom. The highest BCUT2D eigenvalue weighted by atomic mass is 16.6. The number of nitriles is 1. The highest BCUT2D eigenvalue weighted by Gasteiger charge is 2.08. The molecular weight excluding hydrogens is 242 g/mol. The van der Waals surface area contributed by atoms with Crippen LogP contribution in [-0.2, 0) is 4.79 Å². The van der Waals surface area contributed by atoms with Crippen molar-refractivity contribution in [3.63, 3.8) is 0 Å². The van der Waals surface area contributed by atoms with Crippen molar-refractivity contribution >= 4 is 5.97 Å². The number of rotatable bonds is 4. The van der Waals surface area contributed by atoms with E-state index in [1.807, 2.05) is 12.1 Å². The molecule has 0 aliphatic carbocycles. The van der Waals surface area contributed by atoms with Crippen LogP contribution in [0.5, 0.6) is 11.5 Å². The van der Waals surface area contributed by atoms with E-state index in [4.69, 9.17) is 14.7 Å². The van der Waals surface area contributed by atoms with Crippen molar-refractivity contribution in [3.05, 3.63) is 60.2 Å². The third-order valence-corrected chi connectivity index (χ3v) is 2.33. The molecule has 0 amide bonds. The molecule has 0 aromatic heterocycles. The highest BCUT2D eigenvalue weighted by molar-refractivity contribution is 5.74. The van der Waals surface area contributed by atoms with Crippen molar-refractivity contribution in [2.45, 2.75) is 0 Å². The fourth-order valence-electron chi connectivity index (χ4n) is 1.47. The van der Waals surface area contributed by atoms with Crippen LogP contribution in [0.3, 0.4) is 0 Å². The Balaban J connectivity index is 1.92. The average molecular weight is 253 g/mol. The van der Waals surface area contributed by atoms with Gasteiger partial charge in [-0.2, -0.15) is 5.26 Å². The second kappa shape index (κ2) is 6.22. The third kappa shape index (κ3) is 3.58. The van der Waals surface area contributed by atoms with E-state index in [9.17, 15) is 4.79 Å². The summed E-state index contributed by atoms with van der Waals surface area (Å²) >= 11 is 0. The molecule has 0 saturated heterocycles. The predicted molar refractivity (Wildman–Crippen MR) is 68.7 cm³/mol. The summed E-state index contributed by atoms with van der Waals surface area (Å²) in [6.07, 6.45) is 0. The van der Waals surface area contributed by atoms with E-state index in [0.29, 0.717) is 17.1 Å². The first-order chi connectivity index (χ1) is 9.29. The van der Waals surface area contributed by atoms with Crippen molar-refractivity contribution in [1.82, 2.24) is 0 Å². The zero-order valence-electron chi connectivity index (χ0n) is 10.1. The largest absolute Gasteiger partial charge is 0.481 e. The minimum absolute atomic E-state index is 0.242. The lowest BCUT2D eigenvalue weighted by Gasteiger charge is -2.07. The van der Waals surface area contributed by atoms with Crippen molar-refractivity contribution in [3.8, 4) is 17.6 Å². The number of ether oxygens (including phenoxy) is 2. The number of esters is 1. The van der Waals surface area contributed by atoms with Crippen LogP contribution in [0.2, 0.25) is 0 Å². The first kappa shape index (κ1) is 12.7. The monoisotopic (exact) mass is 253 g/mol. The second-order valence-electron chi connectivity index (χ2n) is 3.68. The van der Waals surface area contributed by atoms with Gasteiger partial charge in [-0.3, -0.25) is 0 Å². The molecule has 0 atom stereocenters. The van der Waals surface area contributed by atoms with Gasteiger partial charge in [0.2, 0.25) is 0 Å². The van der Waals surface area contributed by atoms with E-state index in [1.165, 1.54) is 0 Å². The molecule has 2 aromatic rings. The summed E-state index contributed by atoms with van der Waals surface area (Å²) in [4.78, 5) is 11.6. The molecule has 2 rings (SSSR count). The zero-order valence-corrected chi connectivity index (χ0v) is 10.1. The minimum Gasteiger partial charge on any atom is -0.481 e. The van der Waals surface area contributed by atoms with Gasteiger partial charge in [-0.25, -0.2) is 4.79 Å². The summed E-state index contributed by atoms with van der Waals surface area (Å²) in [6.45, 7) is -0.242. The molecule has 0 radical (unpaired) electrons. The van der Waals surface area contributed by atoms with Crippen LogP contribution in [0, 0.1) is 11.3 Å². The molecule has 4 heteroatoms. The van der Waals surface area contributed by atoms with Crippen LogP contribution in [0.15, 0.2) is 54.6 Å². The lowest BCUT2D eigenvalue weighted by Crippen LogP contribution is -2.17. The molecule has 0 N–H and O–H groups in total. The third-order valence-electron chi connectivity index (χ3n) is 2.33. The standard InChI is InChI=1S/C15H11NO3/c16-10-12-6-4-5-9-14(12)18-11-15(17)19-13-7-2-1-3-8-13/h1-9H,11H2. The molecule has 94 valence electrons. The van der Waals surface area contributed by atoms with Crippen LogP contribution in [0.25, 0.3) is 0 Å². The predicted octanol–water partition coefficient (Wildman–Crippen LogP) is 2.54. The Labute approximate surface area is 110 Å². The van der Waals surface area contributed by atoms with Gasteiger partial charge in [-0.1, -0.05) is 30.3 Å². The normalized spacial score (nSPS) is 9.42. The van der Waals surface area contributed by atoms with Gasteiger partial charge in [0.05, 0.1) is 5.56 Å². The van der Waals surface area contributed by atoms with Gasteiger partial charge < -0.3 is 9.47 Å². The van der Waals surface area contributed by atoms with Gasteiger partial charge in [-0.15, -0.1) is 0 Å². The lowest BCUT2D eigenvalue weighted by molar-refractivity contribution is -0.136. The fourth-order valence-corrected chi connectivity index (χ4v) is 1.47. The molecule has 0 unspecified atom stereocenters. The van der Waals surface area contributed by atoms with Crippen LogP contribution >= 0.6 is 0 Å². The Morgan fingerprint density at radius 3 is 2.47 bits per heavy atom. The van der Waals surface area contributed by atoms with E-state index in [1.54, 1.807) is 48.5 Å². The van der Waals surface area contributed by atoms with E-state index in [2.05, 4.69) is 0 Å². The maximum absolute atomic E-state index is 11.6. The van der Waals surface area contributed by atoms with Crippen molar-refractivity contribution in [1.29, 1.82) is 5.26 Å². The summed E-state index contributed by atoms with van der Waals surface area (Å²) < 4.78 is 10.3. The van der Waals surface area contributed by atoms with Gasteiger partial charge in [-0.05, 0) is 24.3 Å². The van der Waals surface area contributed by atoms with E-state index < -0.39 is 5.97 Å². The SMILES string of the molecule is N#Cc1ccccc1OCC(=O)Oc1ccccc1. The number of hydrogen-bond acceptors (Lipinski definition) is 4. The number of carbonyl (C=O) groups excluding carboxylic acids is 1. The maximum atomic E-state index is 11.6. The van der Waals surface area contributed by atoms with Crippen molar-refractivity contribution in [2.75, 3.05) is 6.61 Å². The van der Waals surface area contributed by atoms with Crippen LogP contribution in [-0.4, -0.2) is 12.6 Å². The van der Waals surface area contributed by atoms with E-state index >= 15 is 0 Å². The summed E-state index contributed by atoms with van der Waals surface area (Å²) in [7, 11) is 0. The van der Waals surface area contributed by atoms with Crippen LogP contribution < -0.4 is 9.47 Å². The quantitative estimate of drug-likeness (QED) is 0.620. The molecule has 0 spiro atoms. The Morgan fingerprint density at radius 2 is 1.74 bits per heavy atom. The number of hydrogen-bond donors (Lipinski definition) is 0. The molecule has 4 nitrogen and oxygen atoms in total. The Bertz CT molecular complexity index is 602. The second-order valence-corrected chi connectivity index (χ2v) is 3.68. The first-order valence-electron chi connectivity index (χ1n) is 5.67. The average Bonchev–Trinajstić information content (AvgIpc) is 2.46. The Kier molecular flexibility index (Phi) is 4.14. The molecule has 19 heavy (non-hydrogen) atoms. The molecule has 0 aliphatic heterocycles. The minimum atomic E-state index is -0.515. The van der Waals surface area contributed by atoms with Gasteiger partial charge in [0, 0.05) is 0 Å². The van der Waals surface area contributed by atoms with Gasteiger partial charge in [0.15, 0.2) is 6.61 Å². The zero-order chi connectivity index (χ0) is 13.5. The number of nitrogens with zero attached hydrogens (tertiary/aromatic N) is 1. The van der Waals surface area contributed by atoms with Crippen molar-refractivity contribution < 1.29 is 14.3 Å². The molecule has 0 heterocycles. The van der Waals surface area contributed by atoms with Gasteiger partial charge in [0.25, 0.3) is 0 Å². The Hall–Kier alpha value is -2.80. The molecule has 2 aromatic carbocycles. The lowest BCUT2D eigenvalue weighted by atomic mass is 10.2. The molecule has 0 bridgehead atoms. The van der Waals surface area contributed by atoms with Crippen LogP contribution in [0.4, 0.5) is 0 Å². The van der Waals surface area contributed by atoms with Crippen molar-refractivity contribution in [2.24, 2.45) is 0 Å². The number of benzene rings is 2.